The number of ether oxygens (including phenoxy) is 1. The third kappa shape index (κ3) is 2.42. The summed E-state index contributed by atoms with van der Waals surface area (Å²) in [4.78, 5) is 4.20. The van der Waals surface area contributed by atoms with Crippen LogP contribution >= 0.6 is 0 Å². The SMILES string of the molecule is COc1cccnc1C(C)(O)c1cccc(C#N)c1. The van der Waals surface area contributed by atoms with Crippen LogP contribution in [-0.4, -0.2) is 17.2 Å². The molecule has 0 bridgehead atoms. The van der Waals surface area contributed by atoms with Crippen LogP contribution in [0.2, 0.25) is 0 Å². The second-order valence-electron chi connectivity index (χ2n) is 4.32. The molecular weight excluding hydrogens is 240 g/mol. The van der Waals surface area contributed by atoms with E-state index in [1.54, 1.807) is 49.5 Å². The van der Waals surface area contributed by atoms with Crippen LogP contribution in [-0.2, 0) is 5.60 Å². The van der Waals surface area contributed by atoms with Gasteiger partial charge < -0.3 is 9.84 Å². The maximum absolute atomic E-state index is 10.7. The van der Waals surface area contributed by atoms with E-state index < -0.39 is 5.60 Å². The maximum atomic E-state index is 10.7. The Bertz CT molecular complexity index is 630. The van der Waals surface area contributed by atoms with Crippen molar-refractivity contribution < 1.29 is 9.84 Å². The number of rotatable bonds is 3. The van der Waals surface area contributed by atoms with Crippen LogP contribution < -0.4 is 4.74 Å². The third-order valence-electron chi connectivity index (χ3n) is 3.01. The standard InChI is InChI=1S/C15H14N2O2/c1-15(18,12-6-3-5-11(9-12)10-16)14-13(19-2)7-4-8-17-14/h3-9,18H,1-2H3. The zero-order valence-electron chi connectivity index (χ0n) is 10.8. The highest BCUT2D eigenvalue weighted by atomic mass is 16.5. The highest BCUT2D eigenvalue weighted by Gasteiger charge is 2.30. The lowest BCUT2D eigenvalue weighted by Crippen LogP contribution is -2.25. The van der Waals surface area contributed by atoms with Gasteiger partial charge in [0.2, 0.25) is 0 Å². The average molecular weight is 254 g/mol. The topological polar surface area (TPSA) is 66.1 Å². The lowest BCUT2D eigenvalue weighted by atomic mass is 9.90. The Morgan fingerprint density at radius 2 is 2.11 bits per heavy atom. The fourth-order valence-electron chi connectivity index (χ4n) is 1.95. The summed E-state index contributed by atoms with van der Waals surface area (Å²) in [7, 11) is 1.53. The zero-order chi connectivity index (χ0) is 13.9. The highest BCUT2D eigenvalue weighted by molar-refractivity contribution is 5.43. The van der Waals surface area contributed by atoms with E-state index in [2.05, 4.69) is 11.1 Å². The van der Waals surface area contributed by atoms with Crippen LogP contribution in [0, 0.1) is 11.3 Å². The zero-order valence-corrected chi connectivity index (χ0v) is 10.8. The summed E-state index contributed by atoms with van der Waals surface area (Å²) >= 11 is 0. The van der Waals surface area contributed by atoms with Gasteiger partial charge in [0, 0.05) is 6.20 Å². The summed E-state index contributed by atoms with van der Waals surface area (Å²) in [6, 6.07) is 12.4. The molecule has 1 atom stereocenters. The van der Waals surface area contributed by atoms with Gasteiger partial charge in [-0.1, -0.05) is 12.1 Å². The van der Waals surface area contributed by atoms with Gasteiger partial charge in [-0.25, -0.2) is 0 Å². The van der Waals surface area contributed by atoms with E-state index in [0.29, 0.717) is 22.6 Å². The molecule has 2 aromatic rings. The van der Waals surface area contributed by atoms with Crippen molar-refractivity contribution >= 4 is 0 Å². The van der Waals surface area contributed by atoms with Crippen LogP contribution in [0.4, 0.5) is 0 Å². The molecule has 96 valence electrons. The number of aliphatic hydroxyl groups is 1. The largest absolute Gasteiger partial charge is 0.495 e. The molecule has 19 heavy (non-hydrogen) atoms. The van der Waals surface area contributed by atoms with Gasteiger partial charge in [-0.2, -0.15) is 5.26 Å². The summed E-state index contributed by atoms with van der Waals surface area (Å²) in [6.45, 7) is 1.63. The minimum Gasteiger partial charge on any atom is -0.495 e. The number of methoxy groups -OCH3 is 1. The summed E-state index contributed by atoms with van der Waals surface area (Å²) in [5.41, 5.74) is 0.197. The van der Waals surface area contributed by atoms with Gasteiger partial charge >= 0.3 is 0 Å². The number of pyridine rings is 1. The molecule has 0 fully saturated rings. The van der Waals surface area contributed by atoms with Crippen LogP contribution in [0.25, 0.3) is 0 Å². The first-order valence-electron chi connectivity index (χ1n) is 5.82. The third-order valence-corrected chi connectivity index (χ3v) is 3.01. The van der Waals surface area contributed by atoms with Crippen LogP contribution in [0.5, 0.6) is 5.75 Å². The number of hydrogen-bond acceptors (Lipinski definition) is 4. The lowest BCUT2D eigenvalue weighted by molar-refractivity contribution is 0.0939. The first-order valence-corrected chi connectivity index (χ1v) is 5.82. The summed E-state index contributed by atoms with van der Waals surface area (Å²) < 4.78 is 5.22. The Morgan fingerprint density at radius 1 is 1.32 bits per heavy atom. The average Bonchev–Trinajstić information content (AvgIpc) is 2.47. The van der Waals surface area contributed by atoms with Crippen LogP contribution in [0.3, 0.4) is 0 Å². The molecule has 1 unspecified atom stereocenters. The molecule has 1 heterocycles. The monoisotopic (exact) mass is 254 g/mol. The highest BCUT2D eigenvalue weighted by Crippen LogP contribution is 2.33. The molecule has 0 aliphatic carbocycles. The van der Waals surface area contributed by atoms with Crippen molar-refractivity contribution in [2.24, 2.45) is 0 Å². The van der Waals surface area contributed by atoms with Crippen molar-refractivity contribution in [1.82, 2.24) is 4.98 Å². The normalized spacial score (nSPS) is 13.4. The van der Waals surface area contributed by atoms with E-state index in [1.807, 2.05) is 0 Å². The van der Waals surface area contributed by atoms with E-state index in [0.717, 1.165) is 0 Å². The maximum Gasteiger partial charge on any atom is 0.143 e. The summed E-state index contributed by atoms with van der Waals surface area (Å²) in [5, 5.41) is 19.7. The fraction of sp³-hybridized carbons (Fsp3) is 0.200. The lowest BCUT2D eigenvalue weighted by Gasteiger charge is -2.25. The molecule has 2 rings (SSSR count). The molecule has 4 heteroatoms. The number of nitrogens with zero attached hydrogens (tertiary/aromatic N) is 2. The molecule has 0 amide bonds. The molecule has 0 saturated heterocycles. The van der Waals surface area contributed by atoms with Gasteiger partial charge in [0.1, 0.15) is 17.0 Å². The molecule has 0 spiro atoms. The first-order chi connectivity index (χ1) is 9.09. The van der Waals surface area contributed by atoms with E-state index in [1.165, 1.54) is 7.11 Å². The van der Waals surface area contributed by atoms with Gasteiger partial charge in [-0.05, 0) is 36.8 Å². The summed E-state index contributed by atoms with van der Waals surface area (Å²) in [5.74, 6) is 0.509. The molecule has 1 aromatic carbocycles. The van der Waals surface area contributed by atoms with E-state index in [9.17, 15) is 5.11 Å². The van der Waals surface area contributed by atoms with Crippen molar-refractivity contribution in [3.05, 3.63) is 59.4 Å². The van der Waals surface area contributed by atoms with E-state index >= 15 is 0 Å². The Kier molecular flexibility index (Phi) is 3.50. The van der Waals surface area contributed by atoms with E-state index in [4.69, 9.17) is 10.00 Å². The van der Waals surface area contributed by atoms with Crippen LogP contribution in [0.15, 0.2) is 42.6 Å². The van der Waals surface area contributed by atoms with Gasteiger partial charge in [0.15, 0.2) is 0 Å². The number of aromatic nitrogens is 1. The summed E-state index contributed by atoms with van der Waals surface area (Å²) in [6.07, 6.45) is 1.60. The molecule has 4 nitrogen and oxygen atoms in total. The Hall–Kier alpha value is -2.38. The van der Waals surface area contributed by atoms with E-state index in [-0.39, 0.29) is 0 Å². The van der Waals surface area contributed by atoms with Crippen molar-refractivity contribution in [2.45, 2.75) is 12.5 Å². The van der Waals surface area contributed by atoms with Crippen molar-refractivity contribution in [3.8, 4) is 11.8 Å². The Balaban J connectivity index is 2.55. The number of benzene rings is 1. The molecule has 0 saturated carbocycles. The van der Waals surface area contributed by atoms with Gasteiger partial charge in [0.25, 0.3) is 0 Å². The van der Waals surface area contributed by atoms with Crippen molar-refractivity contribution in [2.75, 3.05) is 7.11 Å². The molecule has 0 aliphatic rings. The van der Waals surface area contributed by atoms with Gasteiger partial charge in [-0.15, -0.1) is 0 Å². The molecular formula is C15H14N2O2. The fourth-order valence-corrected chi connectivity index (χ4v) is 1.95. The second-order valence-corrected chi connectivity index (χ2v) is 4.32. The Morgan fingerprint density at radius 3 is 2.79 bits per heavy atom. The minimum atomic E-state index is -1.32. The van der Waals surface area contributed by atoms with Crippen LogP contribution in [0.1, 0.15) is 23.7 Å². The number of nitriles is 1. The van der Waals surface area contributed by atoms with Gasteiger partial charge in [-0.3, -0.25) is 4.98 Å². The van der Waals surface area contributed by atoms with Crippen molar-refractivity contribution in [1.29, 1.82) is 5.26 Å². The molecule has 1 aromatic heterocycles. The second kappa shape index (κ2) is 5.09. The number of hydrogen-bond donors (Lipinski definition) is 1. The molecule has 1 N–H and O–H groups in total. The first kappa shape index (κ1) is 13.1. The molecule has 0 aliphatic heterocycles. The van der Waals surface area contributed by atoms with Gasteiger partial charge in [0.05, 0.1) is 18.7 Å². The van der Waals surface area contributed by atoms with Crippen molar-refractivity contribution in [3.63, 3.8) is 0 Å². The Labute approximate surface area is 111 Å². The predicted octanol–water partition coefficient (Wildman–Crippen LogP) is 2.22. The smallest absolute Gasteiger partial charge is 0.143 e. The predicted molar refractivity (Wildman–Crippen MR) is 70.6 cm³/mol. The minimum absolute atomic E-state index is 0.424. The molecule has 0 radical (unpaired) electrons. The quantitative estimate of drug-likeness (QED) is 0.912.